The Morgan fingerprint density at radius 3 is 2.83 bits per heavy atom. The molecule has 1 aromatic heterocycles. The molecule has 0 N–H and O–H groups in total. The Morgan fingerprint density at radius 1 is 1.31 bits per heavy atom. The number of hydrogen-bond acceptors (Lipinski definition) is 5. The number of thiazole rings is 1. The highest BCUT2D eigenvalue weighted by atomic mass is 35.5. The van der Waals surface area contributed by atoms with Crippen LogP contribution >= 0.6 is 22.9 Å². The third-order valence-corrected chi connectivity index (χ3v) is 6.24. The number of ether oxygens (including phenoxy) is 2. The number of anilines is 1. The standard InChI is InChI=1S/C22H23ClN2O3S/c1-2-27-16-10-8-15(9-11-16)13-20(26)25(14-17-5-4-12-28-17)22-24-21-18(23)6-3-7-19(21)29-22/h3,6-11,17H,2,4-5,12-14H2,1H3. The van der Waals surface area contributed by atoms with Gasteiger partial charge in [-0.25, -0.2) is 4.98 Å². The summed E-state index contributed by atoms with van der Waals surface area (Å²) in [6.45, 7) is 3.82. The fourth-order valence-corrected chi connectivity index (χ4v) is 4.73. The lowest BCUT2D eigenvalue weighted by atomic mass is 10.1. The predicted octanol–water partition coefficient (Wildman–Crippen LogP) is 5.10. The lowest BCUT2D eigenvalue weighted by Gasteiger charge is -2.23. The van der Waals surface area contributed by atoms with Gasteiger partial charge in [0.15, 0.2) is 5.13 Å². The lowest BCUT2D eigenvalue weighted by molar-refractivity contribution is -0.118. The average molecular weight is 431 g/mol. The van der Waals surface area contributed by atoms with Crippen LogP contribution in [0.3, 0.4) is 0 Å². The van der Waals surface area contributed by atoms with Crippen LogP contribution in [-0.2, 0) is 16.0 Å². The summed E-state index contributed by atoms with van der Waals surface area (Å²) in [4.78, 5) is 19.7. The van der Waals surface area contributed by atoms with Crippen molar-refractivity contribution in [1.29, 1.82) is 0 Å². The average Bonchev–Trinajstić information content (AvgIpc) is 3.38. The minimum absolute atomic E-state index is 0.000150. The minimum atomic E-state index is -0.000150. The number of halogens is 1. The highest BCUT2D eigenvalue weighted by Gasteiger charge is 2.26. The Kier molecular flexibility index (Phi) is 6.33. The molecule has 1 aliphatic heterocycles. The molecule has 1 aliphatic rings. The van der Waals surface area contributed by atoms with E-state index >= 15 is 0 Å². The molecule has 1 atom stereocenters. The Labute approximate surface area is 179 Å². The zero-order chi connectivity index (χ0) is 20.2. The third-order valence-electron chi connectivity index (χ3n) is 4.89. The summed E-state index contributed by atoms with van der Waals surface area (Å²) in [5.74, 6) is 0.806. The molecule has 2 aromatic carbocycles. The van der Waals surface area contributed by atoms with E-state index in [0.29, 0.717) is 29.7 Å². The number of para-hydroxylation sites is 1. The molecule has 1 unspecified atom stereocenters. The number of carbonyl (C=O) groups is 1. The summed E-state index contributed by atoms with van der Waals surface area (Å²) in [7, 11) is 0. The van der Waals surface area contributed by atoms with Crippen LogP contribution in [0.25, 0.3) is 10.2 Å². The molecule has 2 heterocycles. The minimum Gasteiger partial charge on any atom is -0.494 e. The van der Waals surface area contributed by atoms with Crippen molar-refractivity contribution in [1.82, 2.24) is 4.98 Å². The van der Waals surface area contributed by atoms with Crippen LogP contribution in [0.4, 0.5) is 5.13 Å². The largest absolute Gasteiger partial charge is 0.494 e. The van der Waals surface area contributed by atoms with Gasteiger partial charge in [-0.05, 0) is 49.6 Å². The molecular formula is C22H23ClN2O3S. The van der Waals surface area contributed by atoms with Gasteiger partial charge in [0.1, 0.15) is 11.3 Å². The molecule has 0 bridgehead atoms. The zero-order valence-corrected chi connectivity index (χ0v) is 17.8. The van der Waals surface area contributed by atoms with E-state index in [1.54, 1.807) is 4.90 Å². The third kappa shape index (κ3) is 4.71. The van der Waals surface area contributed by atoms with Crippen LogP contribution in [0.5, 0.6) is 5.75 Å². The second-order valence-corrected chi connectivity index (χ2v) is 8.39. The summed E-state index contributed by atoms with van der Waals surface area (Å²) in [6, 6.07) is 13.4. The van der Waals surface area contributed by atoms with Crippen molar-refractivity contribution < 1.29 is 14.3 Å². The van der Waals surface area contributed by atoms with Gasteiger partial charge >= 0.3 is 0 Å². The van der Waals surface area contributed by atoms with Crippen molar-refractivity contribution in [3.63, 3.8) is 0 Å². The van der Waals surface area contributed by atoms with Gasteiger partial charge in [0.2, 0.25) is 5.91 Å². The molecule has 5 nitrogen and oxygen atoms in total. The molecule has 1 saturated heterocycles. The van der Waals surface area contributed by atoms with E-state index in [0.717, 1.165) is 41.0 Å². The number of amides is 1. The van der Waals surface area contributed by atoms with Crippen LogP contribution in [0.2, 0.25) is 5.02 Å². The maximum atomic E-state index is 13.2. The maximum Gasteiger partial charge on any atom is 0.233 e. The number of benzene rings is 2. The summed E-state index contributed by atoms with van der Waals surface area (Å²) in [5.41, 5.74) is 1.68. The van der Waals surface area contributed by atoms with Crippen molar-refractivity contribution >= 4 is 44.2 Å². The molecule has 7 heteroatoms. The predicted molar refractivity (Wildman–Crippen MR) is 117 cm³/mol. The molecule has 152 valence electrons. The SMILES string of the molecule is CCOc1ccc(CC(=O)N(CC2CCCO2)c2nc3c(Cl)cccc3s2)cc1. The Bertz CT molecular complexity index is 983. The van der Waals surface area contributed by atoms with Gasteiger partial charge in [0.05, 0.1) is 35.4 Å². The van der Waals surface area contributed by atoms with E-state index in [9.17, 15) is 4.79 Å². The second-order valence-electron chi connectivity index (χ2n) is 6.98. The number of hydrogen-bond donors (Lipinski definition) is 0. The number of aromatic nitrogens is 1. The van der Waals surface area contributed by atoms with E-state index in [2.05, 4.69) is 4.98 Å². The zero-order valence-electron chi connectivity index (χ0n) is 16.3. The molecule has 0 aliphatic carbocycles. The highest BCUT2D eigenvalue weighted by Crippen LogP contribution is 2.33. The summed E-state index contributed by atoms with van der Waals surface area (Å²) in [6.07, 6.45) is 2.32. The molecule has 3 aromatic rings. The number of fused-ring (bicyclic) bond motifs is 1. The van der Waals surface area contributed by atoms with Crippen LogP contribution < -0.4 is 9.64 Å². The van der Waals surface area contributed by atoms with Crippen LogP contribution in [-0.4, -0.2) is 36.8 Å². The smallest absolute Gasteiger partial charge is 0.233 e. The van der Waals surface area contributed by atoms with E-state index in [4.69, 9.17) is 21.1 Å². The summed E-state index contributed by atoms with van der Waals surface area (Å²) >= 11 is 7.78. The number of rotatable bonds is 7. The topological polar surface area (TPSA) is 51.7 Å². The molecule has 29 heavy (non-hydrogen) atoms. The van der Waals surface area contributed by atoms with Crippen LogP contribution in [0.1, 0.15) is 25.3 Å². The first-order valence-corrected chi connectivity index (χ1v) is 11.0. The fourth-order valence-electron chi connectivity index (χ4n) is 3.44. The van der Waals surface area contributed by atoms with Crippen molar-refractivity contribution in [3.05, 3.63) is 53.1 Å². The first kappa shape index (κ1) is 20.1. The van der Waals surface area contributed by atoms with E-state index in [1.165, 1.54) is 11.3 Å². The van der Waals surface area contributed by atoms with E-state index in [-0.39, 0.29) is 12.0 Å². The Hall–Kier alpha value is -2.15. The number of nitrogens with zero attached hydrogens (tertiary/aromatic N) is 2. The quantitative estimate of drug-likeness (QED) is 0.523. The molecule has 0 saturated carbocycles. The van der Waals surface area contributed by atoms with Gasteiger partial charge in [-0.2, -0.15) is 0 Å². The molecule has 1 amide bonds. The lowest BCUT2D eigenvalue weighted by Crippen LogP contribution is -2.38. The van der Waals surface area contributed by atoms with E-state index in [1.807, 2.05) is 49.4 Å². The molecule has 4 rings (SSSR count). The van der Waals surface area contributed by atoms with Crippen molar-refractivity contribution in [2.45, 2.75) is 32.3 Å². The molecule has 1 fully saturated rings. The second kappa shape index (κ2) is 9.11. The molecular weight excluding hydrogens is 408 g/mol. The van der Waals surface area contributed by atoms with E-state index < -0.39 is 0 Å². The van der Waals surface area contributed by atoms with Gasteiger partial charge in [0, 0.05) is 6.61 Å². The molecule has 0 spiro atoms. The van der Waals surface area contributed by atoms with Crippen LogP contribution in [0.15, 0.2) is 42.5 Å². The normalized spacial score (nSPS) is 16.3. The Balaban J connectivity index is 1.58. The van der Waals surface area contributed by atoms with Crippen molar-refractivity contribution in [3.8, 4) is 5.75 Å². The van der Waals surface area contributed by atoms with Gasteiger partial charge in [-0.3, -0.25) is 9.69 Å². The van der Waals surface area contributed by atoms with Gasteiger partial charge < -0.3 is 9.47 Å². The van der Waals surface area contributed by atoms with Gasteiger partial charge in [-0.1, -0.05) is 41.1 Å². The summed E-state index contributed by atoms with van der Waals surface area (Å²) in [5, 5.41) is 1.26. The van der Waals surface area contributed by atoms with Crippen LogP contribution in [0, 0.1) is 0 Å². The van der Waals surface area contributed by atoms with Gasteiger partial charge in [0.25, 0.3) is 0 Å². The first-order valence-electron chi connectivity index (χ1n) is 9.83. The Morgan fingerprint density at radius 2 is 2.14 bits per heavy atom. The first-order chi connectivity index (χ1) is 14.1. The monoisotopic (exact) mass is 430 g/mol. The highest BCUT2D eigenvalue weighted by molar-refractivity contribution is 7.22. The van der Waals surface area contributed by atoms with Gasteiger partial charge in [-0.15, -0.1) is 0 Å². The molecule has 0 radical (unpaired) electrons. The summed E-state index contributed by atoms with van der Waals surface area (Å²) < 4.78 is 12.2. The van der Waals surface area contributed by atoms with Crippen molar-refractivity contribution in [2.75, 3.05) is 24.7 Å². The number of carbonyl (C=O) groups excluding carboxylic acids is 1. The maximum absolute atomic E-state index is 13.2. The fraction of sp³-hybridized carbons (Fsp3) is 0.364. The van der Waals surface area contributed by atoms with Crippen molar-refractivity contribution in [2.24, 2.45) is 0 Å².